The van der Waals surface area contributed by atoms with Crippen molar-refractivity contribution in [3.05, 3.63) is 121 Å². The highest BCUT2D eigenvalue weighted by Crippen LogP contribution is 2.25. The van der Waals surface area contributed by atoms with Crippen LogP contribution in [-0.4, -0.2) is 64.7 Å². The normalized spacial score (nSPS) is 11.2. The summed E-state index contributed by atoms with van der Waals surface area (Å²) in [6.45, 7) is 4.26. The van der Waals surface area contributed by atoms with Crippen molar-refractivity contribution in [1.29, 1.82) is 0 Å². The minimum Gasteiger partial charge on any atom is -0.490 e. The van der Waals surface area contributed by atoms with Gasteiger partial charge in [0.2, 0.25) is 0 Å². The zero-order valence-corrected chi connectivity index (χ0v) is 25.0. The number of nitrogens with zero attached hydrogens (tertiary/aromatic N) is 3. The van der Waals surface area contributed by atoms with Gasteiger partial charge < -0.3 is 29.0 Å². The van der Waals surface area contributed by atoms with Gasteiger partial charge in [-0.2, -0.15) is 0 Å². The Morgan fingerprint density at radius 1 is 0.911 bits per heavy atom. The molecule has 1 amide bonds. The quantitative estimate of drug-likeness (QED) is 0.107. The number of H-pyrrole nitrogens is 1. The van der Waals surface area contributed by atoms with E-state index in [0.717, 1.165) is 16.7 Å². The van der Waals surface area contributed by atoms with Crippen LogP contribution in [0.25, 0.3) is 10.9 Å². The Kier molecular flexibility index (Phi) is 12.8. The summed E-state index contributed by atoms with van der Waals surface area (Å²) in [6, 6.07) is 20.6. The number of hydrogen-bond acceptors (Lipinski definition) is 10. The van der Waals surface area contributed by atoms with Gasteiger partial charge in [-0.25, -0.2) is 0 Å². The number of carbonyl (C=O) groups is 2. The molecule has 4 aromatic rings. The topological polar surface area (TPSA) is 176 Å². The number of carbonyl (C=O) groups excluding carboxylic acids is 2. The molecule has 0 aliphatic heterocycles. The Bertz CT molecular complexity index is 1550. The van der Waals surface area contributed by atoms with Crippen LogP contribution >= 0.6 is 0 Å². The molecule has 0 aliphatic rings. The summed E-state index contributed by atoms with van der Waals surface area (Å²) in [4.78, 5) is 56.9. The van der Waals surface area contributed by atoms with Crippen LogP contribution in [0.3, 0.4) is 0 Å². The minimum absolute atomic E-state index is 0.0641. The van der Waals surface area contributed by atoms with Gasteiger partial charge in [0.25, 0.3) is 16.1 Å². The van der Waals surface area contributed by atoms with E-state index in [1.54, 1.807) is 60.5 Å². The molecule has 0 spiro atoms. The molecular formula is C31H34N4O10. The molecule has 1 unspecified atom stereocenters. The van der Waals surface area contributed by atoms with E-state index in [9.17, 15) is 29.8 Å². The van der Waals surface area contributed by atoms with Crippen molar-refractivity contribution in [2.75, 3.05) is 20.3 Å². The van der Waals surface area contributed by atoms with Crippen molar-refractivity contribution in [3.63, 3.8) is 0 Å². The van der Waals surface area contributed by atoms with Gasteiger partial charge in [-0.3, -0.25) is 9.59 Å². The van der Waals surface area contributed by atoms with Gasteiger partial charge in [0, 0.05) is 41.4 Å². The number of ether oxygens (including phenoxy) is 2. The summed E-state index contributed by atoms with van der Waals surface area (Å²) in [6.07, 6.45) is 2.24. The van der Waals surface area contributed by atoms with Crippen molar-refractivity contribution in [2.45, 2.75) is 39.2 Å². The number of aromatic nitrogens is 1. The van der Waals surface area contributed by atoms with Gasteiger partial charge in [-0.05, 0) is 55.3 Å². The molecule has 0 saturated heterocycles. The summed E-state index contributed by atoms with van der Waals surface area (Å²) >= 11 is 0. The molecule has 4 rings (SSSR count). The second-order valence-electron chi connectivity index (χ2n) is 9.97. The Labute approximate surface area is 258 Å². The average Bonchev–Trinajstić information content (AvgIpc) is 3.53. The number of aldehydes is 1. The third kappa shape index (κ3) is 10.6. The molecule has 0 radical (unpaired) electrons. The number of methoxy groups -OCH3 is 1. The third-order valence-electron chi connectivity index (χ3n) is 6.59. The van der Waals surface area contributed by atoms with Crippen LogP contribution in [0.5, 0.6) is 5.75 Å². The van der Waals surface area contributed by atoms with Crippen LogP contribution < -0.4 is 4.74 Å². The Morgan fingerprint density at radius 3 is 2.04 bits per heavy atom. The van der Waals surface area contributed by atoms with Crippen LogP contribution in [0.4, 0.5) is 0 Å². The maximum absolute atomic E-state index is 13.1. The molecule has 0 saturated carbocycles. The number of amides is 1. The monoisotopic (exact) mass is 622 g/mol. The summed E-state index contributed by atoms with van der Waals surface area (Å²) in [7, 11) is 1.60. The van der Waals surface area contributed by atoms with Crippen molar-refractivity contribution in [1.82, 2.24) is 9.88 Å². The molecule has 0 aliphatic carbocycles. The first-order valence-corrected chi connectivity index (χ1v) is 13.8. The molecule has 14 nitrogen and oxygen atoms in total. The van der Waals surface area contributed by atoms with Crippen LogP contribution in [0.15, 0.2) is 79.0 Å². The van der Waals surface area contributed by atoms with Crippen molar-refractivity contribution >= 4 is 23.1 Å². The van der Waals surface area contributed by atoms with Gasteiger partial charge in [-0.15, -0.1) is 20.2 Å². The van der Waals surface area contributed by atoms with Gasteiger partial charge in [0.1, 0.15) is 38.0 Å². The standard InChI is InChI=1S/C23H27N3O6.C8H7NO4/c1-16(2)25(23(27)18-9-7-17(8-10-18)14-32-26(28)29)13-19(30-3)15-31-22-6-4-5-21-20(22)11-12-24-21;10-5-7-1-3-8(4-2-7)6-13-9(11)12/h4-12,16,19,24H,13-15H2,1-3H3;1-5H,6H2. The lowest BCUT2D eigenvalue weighted by atomic mass is 10.1. The van der Waals surface area contributed by atoms with Gasteiger partial charge in [-0.1, -0.05) is 42.5 Å². The first-order valence-electron chi connectivity index (χ1n) is 13.8. The number of benzene rings is 3. The van der Waals surface area contributed by atoms with E-state index in [4.69, 9.17) is 9.47 Å². The number of rotatable bonds is 15. The molecular weight excluding hydrogens is 588 g/mol. The van der Waals surface area contributed by atoms with Crippen LogP contribution in [0.1, 0.15) is 45.7 Å². The van der Waals surface area contributed by atoms with Crippen molar-refractivity contribution in [2.24, 2.45) is 0 Å². The number of hydrogen-bond donors (Lipinski definition) is 1. The van der Waals surface area contributed by atoms with Gasteiger partial charge in [0.05, 0.1) is 6.54 Å². The fourth-order valence-electron chi connectivity index (χ4n) is 4.16. The van der Waals surface area contributed by atoms with E-state index in [-0.39, 0.29) is 37.9 Å². The van der Waals surface area contributed by atoms with Crippen LogP contribution in [-0.2, 0) is 27.6 Å². The van der Waals surface area contributed by atoms with Crippen molar-refractivity contribution in [3.8, 4) is 5.75 Å². The van der Waals surface area contributed by atoms with Crippen LogP contribution in [0.2, 0.25) is 0 Å². The zero-order valence-electron chi connectivity index (χ0n) is 25.0. The summed E-state index contributed by atoms with van der Waals surface area (Å²) in [5.74, 6) is 0.595. The van der Waals surface area contributed by atoms with E-state index < -0.39 is 10.2 Å². The molecule has 0 bridgehead atoms. The smallest absolute Gasteiger partial charge is 0.294 e. The molecule has 1 atom stereocenters. The predicted molar refractivity (Wildman–Crippen MR) is 163 cm³/mol. The van der Waals surface area contributed by atoms with E-state index in [1.807, 2.05) is 44.3 Å². The Morgan fingerprint density at radius 2 is 1.51 bits per heavy atom. The van der Waals surface area contributed by atoms with Crippen LogP contribution in [0, 0.1) is 20.2 Å². The molecule has 1 N–H and O–H groups in total. The highest BCUT2D eigenvalue weighted by atomic mass is 17.0. The predicted octanol–water partition coefficient (Wildman–Crippen LogP) is 5.03. The number of aromatic amines is 1. The van der Waals surface area contributed by atoms with E-state index in [2.05, 4.69) is 14.7 Å². The SMILES string of the molecule is COC(COc1cccc2[nH]ccc12)CN(C(=O)c1ccc(CO[N+](=O)[O-])cc1)C(C)C.O=Cc1ccc(CO[N+](=O)[O-])cc1. The number of fused-ring (bicyclic) bond motifs is 1. The highest BCUT2D eigenvalue weighted by Gasteiger charge is 2.23. The molecule has 45 heavy (non-hydrogen) atoms. The summed E-state index contributed by atoms with van der Waals surface area (Å²) < 4.78 is 11.6. The molecule has 1 heterocycles. The molecule has 3 aromatic carbocycles. The molecule has 0 fully saturated rings. The van der Waals surface area contributed by atoms with Gasteiger partial charge in [0.15, 0.2) is 0 Å². The molecule has 238 valence electrons. The Hall–Kier alpha value is -5.50. The van der Waals surface area contributed by atoms with E-state index in [1.165, 1.54) is 0 Å². The number of nitrogens with one attached hydrogen (secondary N) is 1. The lowest BCUT2D eigenvalue weighted by molar-refractivity contribution is -0.763. The maximum atomic E-state index is 13.1. The van der Waals surface area contributed by atoms with Crippen molar-refractivity contribution < 1.29 is 38.9 Å². The molecule has 14 heteroatoms. The zero-order chi connectivity index (χ0) is 32.8. The molecule has 1 aromatic heterocycles. The maximum Gasteiger partial charge on any atom is 0.294 e. The largest absolute Gasteiger partial charge is 0.490 e. The lowest BCUT2D eigenvalue weighted by Crippen LogP contribution is -2.44. The Balaban J connectivity index is 0.000000355. The lowest BCUT2D eigenvalue weighted by Gasteiger charge is -2.30. The third-order valence-corrected chi connectivity index (χ3v) is 6.59. The first-order chi connectivity index (χ1) is 21.6. The summed E-state index contributed by atoms with van der Waals surface area (Å²) in [5.41, 5.74) is 3.27. The fourth-order valence-corrected chi connectivity index (χ4v) is 4.16. The second kappa shape index (κ2) is 17.0. The minimum atomic E-state index is -0.854. The average molecular weight is 623 g/mol. The summed E-state index contributed by atoms with van der Waals surface area (Å²) in [5, 5.41) is 19.4. The van der Waals surface area contributed by atoms with E-state index >= 15 is 0 Å². The second-order valence-corrected chi connectivity index (χ2v) is 9.97. The van der Waals surface area contributed by atoms with Gasteiger partial charge >= 0.3 is 0 Å². The highest BCUT2D eigenvalue weighted by molar-refractivity contribution is 5.94. The van der Waals surface area contributed by atoms with E-state index in [0.29, 0.717) is 35.1 Å². The fraction of sp³-hybridized carbons (Fsp3) is 0.290. The first kappa shape index (κ1) is 34.0.